The molecule has 4 fully saturated rings. The Bertz CT molecular complexity index is 233. The van der Waals surface area contributed by atoms with E-state index in [1.807, 2.05) is 0 Å². The van der Waals surface area contributed by atoms with Crippen molar-refractivity contribution in [2.45, 2.75) is 32.6 Å². The van der Waals surface area contributed by atoms with Gasteiger partial charge in [0.15, 0.2) is 0 Å². The molecule has 0 amide bonds. The molecular weight excluding hydrogens is 148 g/mol. The molecule has 4 rings (SSSR count). The lowest BCUT2D eigenvalue weighted by Crippen LogP contribution is -2.50. The summed E-state index contributed by atoms with van der Waals surface area (Å²) in [4.78, 5) is 11.8. The van der Waals surface area contributed by atoms with Crippen LogP contribution in [0.2, 0.25) is 0 Å². The van der Waals surface area contributed by atoms with Crippen molar-refractivity contribution in [1.82, 2.24) is 0 Å². The predicted molar refractivity (Wildman–Crippen MR) is 46.6 cm³/mol. The molecule has 0 radical (unpaired) electrons. The summed E-state index contributed by atoms with van der Waals surface area (Å²) in [5.74, 6) is 4.13. The highest BCUT2D eigenvalue weighted by molar-refractivity contribution is 5.85. The van der Waals surface area contributed by atoms with Gasteiger partial charge in [-0.05, 0) is 43.4 Å². The predicted octanol–water partition coefficient (Wildman–Crippen LogP) is 2.26. The van der Waals surface area contributed by atoms with Crippen molar-refractivity contribution in [1.29, 1.82) is 0 Å². The van der Waals surface area contributed by atoms with Crippen molar-refractivity contribution < 1.29 is 4.79 Å². The standard InChI is InChI=1S/C11H16O/c1-6-8-2-7-3-9(5-8)11(12)10(6)4-7/h6-10H,2-5H2,1H3/t6-,7-,8?,9+,10+/m0/s1. The average molecular weight is 164 g/mol. The minimum Gasteiger partial charge on any atom is -0.299 e. The Kier molecular flexibility index (Phi) is 1.26. The van der Waals surface area contributed by atoms with Gasteiger partial charge in [0, 0.05) is 11.8 Å². The van der Waals surface area contributed by atoms with Gasteiger partial charge >= 0.3 is 0 Å². The number of rotatable bonds is 0. The van der Waals surface area contributed by atoms with E-state index < -0.39 is 0 Å². The molecule has 4 saturated carbocycles. The number of carbonyl (C=O) groups is 1. The van der Waals surface area contributed by atoms with Crippen LogP contribution in [0.3, 0.4) is 0 Å². The number of Topliss-reactive ketones (excluding diaryl/α,β-unsaturated/α-hetero) is 1. The molecule has 0 heterocycles. The van der Waals surface area contributed by atoms with E-state index in [0.717, 1.165) is 11.8 Å². The van der Waals surface area contributed by atoms with Crippen LogP contribution in [0.1, 0.15) is 32.6 Å². The van der Waals surface area contributed by atoms with Crippen LogP contribution >= 0.6 is 0 Å². The quantitative estimate of drug-likeness (QED) is 0.536. The van der Waals surface area contributed by atoms with Crippen molar-refractivity contribution >= 4 is 5.78 Å². The Morgan fingerprint density at radius 1 is 1.17 bits per heavy atom. The first-order valence-corrected chi connectivity index (χ1v) is 5.29. The van der Waals surface area contributed by atoms with Gasteiger partial charge in [-0.15, -0.1) is 0 Å². The van der Waals surface area contributed by atoms with E-state index in [9.17, 15) is 4.79 Å². The van der Waals surface area contributed by atoms with E-state index in [1.165, 1.54) is 25.7 Å². The van der Waals surface area contributed by atoms with Crippen molar-refractivity contribution in [3.8, 4) is 0 Å². The van der Waals surface area contributed by atoms with Crippen molar-refractivity contribution in [3.63, 3.8) is 0 Å². The molecule has 5 atom stereocenters. The molecule has 0 aromatic carbocycles. The molecule has 1 nitrogen and oxygen atoms in total. The summed E-state index contributed by atoms with van der Waals surface area (Å²) >= 11 is 0. The van der Waals surface area contributed by atoms with Crippen molar-refractivity contribution in [3.05, 3.63) is 0 Å². The van der Waals surface area contributed by atoms with Gasteiger partial charge in [-0.25, -0.2) is 0 Å². The maximum atomic E-state index is 11.8. The summed E-state index contributed by atoms with van der Waals surface area (Å²) in [5, 5.41) is 0. The second kappa shape index (κ2) is 2.12. The van der Waals surface area contributed by atoms with Crippen LogP contribution in [0, 0.1) is 29.6 Å². The molecule has 66 valence electrons. The van der Waals surface area contributed by atoms with Gasteiger partial charge < -0.3 is 0 Å². The summed E-state index contributed by atoms with van der Waals surface area (Å²) in [6.07, 6.45) is 5.13. The van der Waals surface area contributed by atoms with Crippen LogP contribution < -0.4 is 0 Å². The highest BCUT2D eigenvalue weighted by atomic mass is 16.1. The lowest BCUT2D eigenvalue weighted by atomic mass is 9.52. The molecular formula is C11H16O. The molecule has 1 heteroatoms. The summed E-state index contributed by atoms with van der Waals surface area (Å²) in [5.41, 5.74) is 0. The monoisotopic (exact) mass is 164 g/mol. The van der Waals surface area contributed by atoms with E-state index in [0.29, 0.717) is 23.5 Å². The minimum absolute atomic E-state index is 0.473. The van der Waals surface area contributed by atoms with E-state index in [2.05, 4.69) is 6.92 Å². The first-order chi connectivity index (χ1) is 5.75. The Morgan fingerprint density at radius 3 is 2.83 bits per heavy atom. The summed E-state index contributed by atoms with van der Waals surface area (Å²) < 4.78 is 0. The van der Waals surface area contributed by atoms with Crippen LogP contribution in [-0.2, 0) is 4.79 Å². The fourth-order valence-electron chi connectivity index (χ4n) is 3.92. The van der Waals surface area contributed by atoms with Gasteiger partial charge in [-0.3, -0.25) is 4.79 Å². The molecule has 0 N–H and O–H groups in total. The van der Waals surface area contributed by atoms with E-state index in [-0.39, 0.29) is 0 Å². The van der Waals surface area contributed by atoms with Gasteiger partial charge in [0.1, 0.15) is 5.78 Å². The molecule has 4 bridgehead atoms. The van der Waals surface area contributed by atoms with Gasteiger partial charge in [0.2, 0.25) is 0 Å². The summed E-state index contributed by atoms with van der Waals surface area (Å²) in [6.45, 7) is 2.30. The second-order valence-corrected chi connectivity index (χ2v) is 5.13. The maximum absolute atomic E-state index is 11.8. The molecule has 0 aromatic heterocycles. The Balaban J connectivity index is 1.98. The number of ketones is 1. The fourth-order valence-corrected chi connectivity index (χ4v) is 3.92. The molecule has 12 heavy (non-hydrogen) atoms. The lowest BCUT2D eigenvalue weighted by molar-refractivity contribution is -0.145. The first kappa shape index (κ1) is 7.11. The minimum atomic E-state index is 0.473. The van der Waals surface area contributed by atoms with E-state index >= 15 is 0 Å². The van der Waals surface area contributed by atoms with E-state index in [1.54, 1.807) is 0 Å². The molecule has 0 aliphatic heterocycles. The normalized spacial score (nSPS) is 56.4. The third kappa shape index (κ3) is 0.725. The molecule has 4 aliphatic rings. The summed E-state index contributed by atoms with van der Waals surface area (Å²) in [6, 6.07) is 0. The first-order valence-electron chi connectivity index (χ1n) is 5.29. The van der Waals surface area contributed by atoms with Gasteiger partial charge in [0.05, 0.1) is 0 Å². The van der Waals surface area contributed by atoms with E-state index in [4.69, 9.17) is 0 Å². The summed E-state index contributed by atoms with van der Waals surface area (Å²) in [7, 11) is 0. The van der Waals surface area contributed by atoms with Crippen LogP contribution in [-0.4, -0.2) is 5.78 Å². The number of carbonyl (C=O) groups excluding carboxylic acids is 1. The molecule has 0 saturated heterocycles. The average Bonchev–Trinajstić information content (AvgIpc) is 2.07. The van der Waals surface area contributed by atoms with Crippen molar-refractivity contribution in [2.24, 2.45) is 29.6 Å². The van der Waals surface area contributed by atoms with Gasteiger partial charge in [-0.1, -0.05) is 6.92 Å². The SMILES string of the molecule is C[C@H]1C2C[C@H]3C[C@H](C2)C(=O)[C@@H]1C3. The molecule has 1 unspecified atom stereocenters. The number of hydrogen-bond donors (Lipinski definition) is 0. The van der Waals surface area contributed by atoms with Crippen LogP contribution in [0.25, 0.3) is 0 Å². The highest BCUT2D eigenvalue weighted by Crippen LogP contribution is 2.54. The third-order valence-electron chi connectivity index (χ3n) is 4.57. The lowest BCUT2D eigenvalue weighted by Gasteiger charge is -2.52. The molecule has 0 spiro atoms. The number of hydrogen-bond acceptors (Lipinski definition) is 1. The topological polar surface area (TPSA) is 17.1 Å². The van der Waals surface area contributed by atoms with Gasteiger partial charge in [0.25, 0.3) is 0 Å². The largest absolute Gasteiger partial charge is 0.299 e. The van der Waals surface area contributed by atoms with Crippen LogP contribution in [0.4, 0.5) is 0 Å². The van der Waals surface area contributed by atoms with Crippen LogP contribution in [0.15, 0.2) is 0 Å². The zero-order chi connectivity index (χ0) is 8.29. The van der Waals surface area contributed by atoms with Crippen LogP contribution in [0.5, 0.6) is 0 Å². The Morgan fingerprint density at radius 2 is 2.00 bits per heavy atom. The molecule has 0 aromatic rings. The fraction of sp³-hybridized carbons (Fsp3) is 0.909. The Hall–Kier alpha value is -0.330. The maximum Gasteiger partial charge on any atom is 0.139 e. The zero-order valence-corrected chi connectivity index (χ0v) is 7.62. The smallest absolute Gasteiger partial charge is 0.139 e. The molecule has 4 aliphatic carbocycles. The zero-order valence-electron chi connectivity index (χ0n) is 7.62. The Labute approximate surface area is 73.5 Å². The van der Waals surface area contributed by atoms with Crippen molar-refractivity contribution in [2.75, 3.05) is 0 Å². The van der Waals surface area contributed by atoms with Gasteiger partial charge in [-0.2, -0.15) is 0 Å². The second-order valence-electron chi connectivity index (χ2n) is 5.13. The highest BCUT2D eigenvalue weighted by Gasteiger charge is 2.51. The third-order valence-corrected chi connectivity index (χ3v) is 4.57.